The third-order valence-corrected chi connectivity index (χ3v) is 4.67. The molecule has 0 aliphatic carbocycles. The zero-order valence-electron chi connectivity index (χ0n) is 18.9. The third kappa shape index (κ3) is 8.61. The highest BCUT2D eigenvalue weighted by atomic mass is 127. The lowest BCUT2D eigenvalue weighted by Crippen LogP contribution is -2.38. The van der Waals surface area contributed by atoms with Crippen LogP contribution in [0.25, 0.3) is 5.69 Å². The predicted octanol–water partition coefficient (Wildman–Crippen LogP) is 3.13. The van der Waals surface area contributed by atoms with E-state index in [0.29, 0.717) is 6.54 Å². The number of hydrogen-bond acceptors (Lipinski definition) is 4. The molecule has 7 nitrogen and oxygen atoms in total. The second-order valence-electron chi connectivity index (χ2n) is 7.24. The number of nitrogens with zero attached hydrogens (tertiary/aromatic N) is 4. The third-order valence-electron chi connectivity index (χ3n) is 4.67. The largest absolute Gasteiger partial charge is 0.383 e. The van der Waals surface area contributed by atoms with Crippen molar-refractivity contribution < 1.29 is 4.74 Å². The number of methoxy groups -OCH3 is 1. The Balaban J connectivity index is 0.00000450. The topological polar surface area (TPSA) is 66.7 Å². The molecule has 168 valence electrons. The number of nitrogens with one attached hydrogen (secondary N) is 2. The highest BCUT2D eigenvalue weighted by Gasteiger charge is 2.08. The average Bonchev–Trinajstić information content (AvgIpc) is 3.05. The van der Waals surface area contributed by atoms with E-state index in [1.54, 1.807) is 7.11 Å². The van der Waals surface area contributed by atoms with Crippen molar-refractivity contribution in [3.63, 3.8) is 0 Å². The summed E-state index contributed by atoms with van der Waals surface area (Å²) in [6, 6.07) is 10.4. The van der Waals surface area contributed by atoms with Gasteiger partial charge in [-0.05, 0) is 58.5 Å². The zero-order chi connectivity index (χ0) is 21.1. The molecule has 0 saturated heterocycles. The van der Waals surface area contributed by atoms with Gasteiger partial charge in [-0.25, -0.2) is 9.67 Å². The van der Waals surface area contributed by atoms with Crippen LogP contribution < -0.4 is 10.6 Å². The minimum Gasteiger partial charge on any atom is -0.383 e. The van der Waals surface area contributed by atoms with E-state index in [0.717, 1.165) is 67.8 Å². The van der Waals surface area contributed by atoms with Crippen molar-refractivity contribution in [1.82, 2.24) is 25.3 Å². The van der Waals surface area contributed by atoms with Crippen LogP contribution in [0.4, 0.5) is 0 Å². The summed E-state index contributed by atoms with van der Waals surface area (Å²) in [5.74, 6) is 0.843. The lowest BCUT2D eigenvalue weighted by atomic mass is 10.2. The molecule has 0 bridgehead atoms. The van der Waals surface area contributed by atoms with E-state index in [9.17, 15) is 0 Å². The summed E-state index contributed by atoms with van der Waals surface area (Å²) in [5.41, 5.74) is 4.38. The van der Waals surface area contributed by atoms with Crippen LogP contribution >= 0.6 is 24.0 Å². The number of aromatic nitrogens is 2. The van der Waals surface area contributed by atoms with Gasteiger partial charge in [0.25, 0.3) is 0 Å². The number of halogens is 1. The molecule has 1 aromatic heterocycles. The molecule has 1 heterocycles. The summed E-state index contributed by atoms with van der Waals surface area (Å²) in [5, 5.41) is 11.4. The summed E-state index contributed by atoms with van der Waals surface area (Å²) in [7, 11) is 3.86. The second kappa shape index (κ2) is 14.4. The van der Waals surface area contributed by atoms with E-state index in [2.05, 4.69) is 65.8 Å². The minimum atomic E-state index is 0. The molecule has 0 radical (unpaired) electrons. The number of rotatable bonds is 11. The molecule has 0 spiro atoms. The van der Waals surface area contributed by atoms with Crippen LogP contribution in [-0.2, 0) is 11.3 Å². The summed E-state index contributed by atoms with van der Waals surface area (Å²) in [6.45, 7) is 11.2. The van der Waals surface area contributed by atoms with Crippen LogP contribution in [0.2, 0.25) is 0 Å². The van der Waals surface area contributed by atoms with E-state index in [1.165, 1.54) is 0 Å². The number of guanidine groups is 1. The van der Waals surface area contributed by atoms with Gasteiger partial charge in [0.1, 0.15) is 0 Å². The van der Waals surface area contributed by atoms with Gasteiger partial charge in [0.15, 0.2) is 5.96 Å². The number of benzene rings is 1. The monoisotopic (exact) mass is 528 g/mol. The van der Waals surface area contributed by atoms with Crippen LogP contribution in [0.5, 0.6) is 0 Å². The molecular formula is C22H37IN6O. The van der Waals surface area contributed by atoms with E-state index < -0.39 is 0 Å². The summed E-state index contributed by atoms with van der Waals surface area (Å²) < 4.78 is 7.12. The molecule has 0 aliphatic heterocycles. The standard InChI is InChI=1S/C22H36N6O.HI/c1-6-23-22(24-12-9-13-27(4)14-15-29-5)25-17-20-10-7-8-11-21(20)28-19(3)16-18(2)26-28;/h7-8,10-11,16H,6,9,12-15,17H2,1-5H3,(H2,23,24,25);1H. The van der Waals surface area contributed by atoms with Crippen LogP contribution in [0.3, 0.4) is 0 Å². The molecule has 30 heavy (non-hydrogen) atoms. The number of hydrogen-bond donors (Lipinski definition) is 2. The first-order valence-electron chi connectivity index (χ1n) is 10.4. The van der Waals surface area contributed by atoms with Crippen molar-refractivity contribution >= 4 is 29.9 Å². The Morgan fingerprint density at radius 1 is 1.20 bits per heavy atom. The normalized spacial score (nSPS) is 11.5. The highest BCUT2D eigenvalue weighted by Crippen LogP contribution is 2.17. The van der Waals surface area contributed by atoms with Gasteiger partial charge in [0, 0.05) is 32.4 Å². The van der Waals surface area contributed by atoms with Gasteiger partial charge in [-0.3, -0.25) is 0 Å². The molecule has 0 amide bonds. The SMILES string of the molecule is CCNC(=NCc1ccccc1-n1nc(C)cc1C)NCCCN(C)CCOC.I. The van der Waals surface area contributed by atoms with Crippen molar-refractivity contribution in [2.24, 2.45) is 4.99 Å². The van der Waals surface area contributed by atoms with E-state index in [-0.39, 0.29) is 24.0 Å². The molecule has 8 heteroatoms. The van der Waals surface area contributed by atoms with Gasteiger partial charge in [0.05, 0.1) is 24.5 Å². The van der Waals surface area contributed by atoms with Crippen LogP contribution in [-0.4, -0.2) is 67.6 Å². The smallest absolute Gasteiger partial charge is 0.191 e. The van der Waals surface area contributed by atoms with E-state index >= 15 is 0 Å². The Labute approximate surface area is 198 Å². The molecule has 0 saturated carbocycles. The fraction of sp³-hybridized carbons (Fsp3) is 0.545. The molecule has 2 rings (SSSR count). The Hall–Kier alpha value is -1.65. The highest BCUT2D eigenvalue weighted by molar-refractivity contribution is 14.0. The molecule has 2 aromatic rings. The predicted molar refractivity (Wildman–Crippen MR) is 135 cm³/mol. The van der Waals surface area contributed by atoms with Gasteiger partial charge < -0.3 is 20.3 Å². The molecule has 1 aromatic carbocycles. The van der Waals surface area contributed by atoms with Crippen LogP contribution in [0, 0.1) is 13.8 Å². The molecule has 0 unspecified atom stereocenters. The van der Waals surface area contributed by atoms with Crippen LogP contribution in [0.15, 0.2) is 35.3 Å². The lowest BCUT2D eigenvalue weighted by molar-refractivity contribution is 0.161. The minimum absolute atomic E-state index is 0. The van der Waals surface area contributed by atoms with E-state index in [1.807, 2.05) is 17.7 Å². The molecule has 0 atom stereocenters. The maximum atomic E-state index is 5.12. The maximum absolute atomic E-state index is 5.12. The van der Waals surface area contributed by atoms with Crippen molar-refractivity contribution in [2.75, 3.05) is 46.9 Å². The molecule has 2 N–H and O–H groups in total. The molecular weight excluding hydrogens is 491 g/mol. The number of ether oxygens (including phenoxy) is 1. The Kier molecular flexibility index (Phi) is 12.6. The van der Waals surface area contributed by atoms with Crippen LogP contribution in [0.1, 0.15) is 30.3 Å². The fourth-order valence-electron chi connectivity index (χ4n) is 3.14. The van der Waals surface area contributed by atoms with Gasteiger partial charge in [0.2, 0.25) is 0 Å². The Morgan fingerprint density at radius 2 is 1.97 bits per heavy atom. The lowest BCUT2D eigenvalue weighted by Gasteiger charge is -2.17. The first-order valence-corrected chi connectivity index (χ1v) is 10.4. The fourth-order valence-corrected chi connectivity index (χ4v) is 3.14. The number of likely N-dealkylation sites (N-methyl/N-ethyl adjacent to an activating group) is 1. The number of aliphatic imine (C=N–C) groups is 1. The summed E-state index contributed by atoms with van der Waals surface area (Å²) in [4.78, 5) is 7.07. The van der Waals surface area contributed by atoms with Gasteiger partial charge in [-0.15, -0.1) is 24.0 Å². The summed E-state index contributed by atoms with van der Waals surface area (Å²) in [6.07, 6.45) is 1.05. The number of aryl methyl sites for hydroxylation is 2. The quantitative estimate of drug-likeness (QED) is 0.203. The Morgan fingerprint density at radius 3 is 2.63 bits per heavy atom. The zero-order valence-corrected chi connectivity index (χ0v) is 21.3. The van der Waals surface area contributed by atoms with Gasteiger partial charge in [-0.2, -0.15) is 5.10 Å². The van der Waals surface area contributed by atoms with Gasteiger partial charge in [-0.1, -0.05) is 18.2 Å². The molecule has 0 fully saturated rings. The van der Waals surface area contributed by atoms with Crippen molar-refractivity contribution in [3.8, 4) is 5.69 Å². The number of para-hydroxylation sites is 1. The van der Waals surface area contributed by atoms with E-state index in [4.69, 9.17) is 9.73 Å². The Bertz CT molecular complexity index is 777. The summed E-state index contributed by atoms with van der Waals surface area (Å²) >= 11 is 0. The first kappa shape index (κ1) is 26.4. The maximum Gasteiger partial charge on any atom is 0.191 e. The van der Waals surface area contributed by atoms with Gasteiger partial charge >= 0.3 is 0 Å². The second-order valence-corrected chi connectivity index (χ2v) is 7.24. The van der Waals surface area contributed by atoms with Crippen molar-refractivity contribution in [3.05, 3.63) is 47.3 Å². The van der Waals surface area contributed by atoms with Crippen molar-refractivity contribution in [2.45, 2.75) is 33.7 Å². The van der Waals surface area contributed by atoms with Crippen molar-refractivity contribution in [1.29, 1.82) is 0 Å². The molecule has 0 aliphatic rings. The average molecular weight is 528 g/mol. The first-order chi connectivity index (χ1) is 14.0.